The molecule has 0 aliphatic carbocycles. The van der Waals surface area contributed by atoms with E-state index in [1.807, 2.05) is 133 Å². The standard InChI is InChI=1S/C41H41ClO6/c42-36-22-21-34(23-35(36)24-43)38-40(46-27-32-17-9-3-10-18-32)41(47-28-33-19-11-4-12-20-33)39(45-26-31-15-7-2-8-16-31)37(48-38)29-44-25-30-13-5-1-6-14-30/h1-23,37-41,43H,24-29H2/t37-,38?,39-,40?,41?/m1/s1. The fourth-order valence-electron chi connectivity index (χ4n) is 5.95. The Morgan fingerprint density at radius 3 is 1.50 bits per heavy atom. The number of aliphatic hydroxyl groups excluding tert-OH is 1. The van der Waals surface area contributed by atoms with Gasteiger partial charge < -0.3 is 28.8 Å². The van der Waals surface area contributed by atoms with E-state index in [-0.39, 0.29) is 13.2 Å². The zero-order valence-electron chi connectivity index (χ0n) is 26.8. The zero-order chi connectivity index (χ0) is 33.0. The van der Waals surface area contributed by atoms with E-state index in [9.17, 15) is 5.11 Å². The van der Waals surface area contributed by atoms with Crippen molar-refractivity contribution in [3.63, 3.8) is 0 Å². The third kappa shape index (κ3) is 9.19. The molecule has 5 aromatic carbocycles. The van der Waals surface area contributed by atoms with Crippen molar-refractivity contribution >= 4 is 11.6 Å². The Morgan fingerprint density at radius 2 is 1.00 bits per heavy atom. The molecule has 1 saturated heterocycles. The van der Waals surface area contributed by atoms with Crippen LogP contribution in [0, 0.1) is 0 Å². The average Bonchev–Trinajstić information content (AvgIpc) is 3.14. The Hall–Kier alpha value is -3.85. The van der Waals surface area contributed by atoms with Crippen molar-refractivity contribution < 1.29 is 28.8 Å². The summed E-state index contributed by atoms with van der Waals surface area (Å²) < 4.78 is 33.6. The minimum Gasteiger partial charge on any atom is -0.392 e. The molecule has 0 aromatic heterocycles. The number of aliphatic hydroxyl groups is 1. The lowest BCUT2D eigenvalue weighted by molar-refractivity contribution is -0.275. The van der Waals surface area contributed by atoms with Gasteiger partial charge in [-0.15, -0.1) is 0 Å². The van der Waals surface area contributed by atoms with Crippen molar-refractivity contribution in [2.75, 3.05) is 6.61 Å². The maximum Gasteiger partial charge on any atom is 0.117 e. The molecule has 1 heterocycles. The largest absolute Gasteiger partial charge is 0.392 e. The second-order valence-electron chi connectivity index (χ2n) is 11.9. The zero-order valence-corrected chi connectivity index (χ0v) is 27.5. The highest BCUT2D eigenvalue weighted by molar-refractivity contribution is 6.31. The van der Waals surface area contributed by atoms with Gasteiger partial charge in [-0.1, -0.05) is 139 Å². The monoisotopic (exact) mass is 664 g/mol. The van der Waals surface area contributed by atoms with Gasteiger partial charge >= 0.3 is 0 Å². The van der Waals surface area contributed by atoms with Crippen LogP contribution < -0.4 is 0 Å². The molecule has 0 spiro atoms. The summed E-state index contributed by atoms with van der Waals surface area (Å²) in [6, 6.07) is 45.9. The number of benzene rings is 5. The minimum absolute atomic E-state index is 0.199. The fourth-order valence-corrected chi connectivity index (χ4v) is 6.13. The number of ether oxygens (including phenoxy) is 5. The molecule has 3 unspecified atom stereocenters. The molecule has 0 amide bonds. The maximum atomic E-state index is 10.1. The number of halogens is 1. The first-order valence-electron chi connectivity index (χ1n) is 16.3. The summed E-state index contributed by atoms with van der Waals surface area (Å²) in [5.74, 6) is 0. The Labute approximate surface area is 287 Å². The van der Waals surface area contributed by atoms with Crippen molar-refractivity contribution in [2.24, 2.45) is 0 Å². The second kappa shape index (κ2) is 17.5. The topological polar surface area (TPSA) is 66.4 Å². The molecular weight excluding hydrogens is 624 g/mol. The van der Waals surface area contributed by atoms with Gasteiger partial charge in [0.15, 0.2) is 0 Å². The van der Waals surface area contributed by atoms with E-state index in [1.54, 1.807) is 6.07 Å². The maximum absolute atomic E-state index is 10.1. The molecule has 1 fully saturated rings. The molecule has 5 aromatic rings. The summed E-state index contributed by atoms with van der Waals surface area (Å²) >= 11 is 6.44. The van der Waals surface area contributed by atoms with Crippen LogP contribution in [0.3, 0.4) is 0 Å². The second-order valence-corrected chi connectivity index (χ2v) is 12.3. The first-order valence-corrected chi connectivity index (χ1v) is 16.7. The molecule has 6 nitrogen and oxygen atoms in total. The first-order chi connectivity index (χ1) is 23.7. The molecule has 6 rings (SSSR count). The quantitative estimate of drug-likeness (QED) is 0.122. The Balaban J connectivity index is 1.36. The van der Waals surface area contributed by atoms with Crippen LogP contribution in [0.4, 0.5) is 0 Å². The third-order valence-electron chi connectivity index (χ3n) is 8.45. The fraction of sp³-hybridized carbons (Fsp3) is 0.268. The lowest BCUT2D eigenvalue weighted by Gasteiger charge is -2.46. The molecule has 1 aliphatic rings. The van der Waals surface area contributed by atoms with E-state index in [4.69, 9.17) is 35.3 Å². The molecule has 1 N–H and O–H groups in total. The van der Waals surface area contributed by atoms with Crippen molar-refractivity contribution in [3.8, 4) is 0 Å². The van der Waals surface area contributed by atoms with Crippen LogP contribution >= 0.6 is 11.6 Å². The van der Waals surface area contributed by atoms with Crippen LogP contribution in [-0.4, -0.2) is 36.1 Å². The smallest absolute Gasteiger partial charge is 0.117 e. The normalized spacial score (nSPS) is 20.8. The van der Waals surface area contributed by atoms with Gasteiger partial charge in [-0.25, -0.2) is 0 Å². The highest BCUT2D eigenvalue weighted by atomic mass is 35.5. The molecule has 48 heavy (non-hydrogen) atoms. The molecule has 1 aliphatic heterocycles. The molecule has 0 saturated carbocycles. The summed E-state index contributed by atoms with van der Waals surface area (Å²) in [6.45, 7) is 1.56. The summed E-state index contributed by atoms with van der Waals surface area (Å²) in [5.41, 5.74) is 5.61. The van der Waals surface area contributed by atoms with Gasteiger partial charge in [-0.05, 0) is 45.5 Å². The van der Waals surface area contributed by atoms with Gasteiger partial charge in [0.2, 0.25) is 0 Å². The van der Waals surface area contributed by atoms with Crippen molar-refractivity contribution in [1.82, 2.24) is 0 Å². The van der Waals surface area contributed by atoms with Crippen LogP contribution in [0.5, 0.6) is 0 Å². The predicted molar refractivity (Wildman–Crippen MR) is 186 cm³/mol. The highest BCUT2D eigenvalue weighted by Crippen LogP contribution is 2.39. The Morgan fingerprint density at radius 1 is 0.542 bits per heavy atom. The Bertz CT molecular complexity index is 1650. The molecule has 5 atom stereocenters. The first kappa shape index (κ1) is 34.0. The Kier molecular flexibility index (Phi) is 12.4. The van der Waals surface area contributed by atoms with Crippen molar-refractivity contribution in [2.45, 2.75) is 63.6 Å². The van der Waals surface area contributed by atoms with Gasteiger partial charge in [0.05, 0.1) is 39.6 Å². The van der Waals surface area contributed by atoms with Crippen LogP contribution in [-0.2, 0) is 56.7 Å². The number of rotatable bonds is 15. The summed E-state index contributed by atoms with van der Waals surface area (Å²) in [6.07, 6.45) is -2.74. The van der Waals surface area contributed by atoms with Gasteiger partial charge in [-0.2, -0.15) is 0 Å². The van der Waals surface area contributed by atoms with E-state index < -0.39 is 30.5 Å². The van der Waals surface area contributed by atoms with Gasteiger partial charge in [0.1, 0.15) is 30.5 Å². The van der Waals surface area contributed by atoms with Gasteiger partial charge in [-0.3, -0.25) is 0 Å². The van der Waals surface area contributed by atoms with Crippen molar-refractivity contribution in [1.29, 1.82) is 0 Å². The van der Waals surface area contributed by atoms with E-state index in [0.717, 1.165) is 27.8 Å². The molecule has 248 valence electrons. The number of hydrogen-bond donors (Lipinski definition) is 1. The molecular formula is C41H41ClO6. The lowest BCUT2D eigenvalue weighted by Crippen LogP contribution is -2.58. The highest BCUT2D eigenvalue weighted by Gasteiger charge is 2.49. The molecule has 0 radical (unpaired) electrons. The predicted octanol–water partition coefficient (Wildman–Crippen LogP) is 8.25. The van der Waals surface area contributed by atoms with Gasteiger partial charge in [0, 0.05) is 5.02 Å². The van der Waals surface area contributed by atoms with Gasteiger partial charge in [0.25, 0.3) is 0 Å². The summed E-state index contributed by atoms with van der Waals surface area (Å²) in [5, 5.41) is 10.6. The lowest BCUT2D eigenvalue weighted by atomic mass is 9.89. The van der Waals surface area contributed by atoms with Crippen LogP contribution in [0.2, 0.25) is 5.02 Å². The SMILES string of the molecule is OCc1cc(C2O[C@H](COCc3ccccc3)[C@@H](OCc3ccccc3)C(OCc3ccccc3)C2OCc2ccccc2)ccc1Cl. The van der Waals surface area contributed by atoms with E-state index in [0.29, 0.717) is 37.0 Å². The average molecular weight is 665 g/mol. The minimum atomic E-state index is -0.576. The van der Waals surface area contributed by atoms with Crippen LogP contribution in [0.15, 0.2) is 140 Å². The number of hydrogen-bond acceptors (Lipinski definition) is 6. The van der Waals surface area contributed by atoms with Crippen molar-refractivity contribution in [3.05, 3.63) is 178 Å². The van der Waals surface area contributed by atoms with Crippen LogP contribution in [0.25, 0.3) is 0 Å². The summed E-state index contributed by atoms with van der Waals surface area (Å²) in [7, 11) is 0. The molecule has 0 bridgehead atoms. The van der Waals surface area contributed by atoms with E-state index in [2.05, 4.69) is 0 Å². The van der Waals surface area contributed by atoms with Crippen LogP contribution in [0.1, 0.15) is 39.5 Å². The summed E-state index contributed by atoms with van der Waals surface area (Å²) in [4.78, 5) is 0. The third-order valence-corrected chi connectivity index (χ3v) is 8.82. The van der Waals surface area contributed by atoms with E-state index in [1.165, 1.54) is 0 Å². The molecule has 7 heteroatoms. The van der Waals surface area contributed by atoms with E-state index >= 15 is 0 Å².